The zero-order chi connectivity index (χ0) is 17.7. The van der Waals surface area contributed by atoms with E-state index in [1.54, 1.807) is 6.92 Å². The number of carbonyl (C=O) groups is 1. The number of halogens is 3. The molecule has 10 heteroatoms. The average molecular weight is 341 g/mol. The number of hydrogen-bond acceptors (Lipinski definition) is 6. The van der Waals surface area contributed by atoms with Gasteiger partial charge in [-0.2, -0.15) is 13.2 Å². The van der Waals surface area contributed by atoms with Gasteiger partial charge in [0.1, 0.15) is 11.6 Å². The predicted molar refractivity (Wildman–Crippen MR) is 78.1 cm³/mol. The molecule has 0 aromatic carbocycles. The van der Waals surface area contributed by atoms with Gasteiger partial charge < -0.3 is 15.8 Å². The zero-order valence-corrected chi connectivity index (χ0v) is 12.6. The van der Waals surface area contributed by atoms with Gasteiger partial charge in [0.25, 0.3) is 5.91 Å². The molecule has 0 bridgehead atoms. The third-order valence-corrected chi connectivity index (χ3v) is 2.82. The van der Waals surface area contributed by atoms with Crippen LogP contribution in [-0.2, 0) is 6.54 Å². The van der Waals surface area contributed by atoms with Crippen molar-refractivity contribution in [2.75, 3.05) is 12.3 Å². The Kier molecular flexibility index (Phi) is 5.17. The third-order valence-electron chi connectivity index (χ3n) is 2.82. The molecular formula is C14H14F3N5O2. The lowest BCUT2D eigenvalue weighted by molar-refractivity contribution is -0.154. The third kappa shape index (κ3) is 5.07. The van der Waals surface area contributed by atoms with Gasteiger partial charge in [-0.3, -0.25) is 4.79 Å². The van der Waals surface area contributed by atoms with Crippen molar-refractivity contribution in [3.05, 3.63) is 41.5 Å². The fraction of sp³-hybridized carbons (Fsp3) is 0.286. The number of nitrogens with zero attached hydrogens (tertiary/aromatic N) is 3. The van der Waals surface area contributed by atoms with Crippen LogP contribution in [0.2, 0.25) is 0 Å². The summed E-state index contributed by atoms with van der Waals surface area (Å²) in [6.07, 6.45) is -1.80. The van der Waals surface area contributed by atoms with E-state index in [2.05, 4.69) is 25.0 Å². The highest BCUT2D eigenvalue weighted by Gasteiger charge is 2.28. The highest BCUT2D eigenvalue weighted by atomic mass is 19.4. The number of alkyl halides is 3. The monoisotopic (exact) mass is 341 g/mol. The van der Waals surface area contributed by atoms with Crippen LogP contribution in [0.3, 0.4) is 0 Å². The lowest BCUT2D eigenvalue weighted by Crippen LogP contribution is -2.24. The van der Waals surface area contributed by atoms with E-state index in [0.717, 1.165) is 0 Å². The van der Waals surface area contributed by atoms with Gasteiger partial charge in [-0.25, -0.2) is 15.0 Å². The van der Waals surface area contributed by atoms with Crippen LogP contribution in [0.5, 0.6) is 5.88 Å². The molecule has 2 rings (SSSR count). The Bertz CT molecular complexity index is 719. The molecule has 0 aliphatic heterocycles. The van der Waals surface area contributed by atoms with Crippen molar-refractivity contribution in [2.45, 2.75) is 19.6 Å². The van der Waals surface area contributed by atoms with Crippen molar-refractivity contribution in [2.24, 2.45) is 0 Å². The van der Waals surface area contributed by atoms with Crippen molar-refractivity contribution in [3.8, 4) is 5.88 Å². The van der Waals surface area contributed by atoms with Gasteiger partial charge >= 0.3 is 6.18 Å². The second-order valence-electron chi connectivity index (χ2n) is 4.81. The van der Waals surface area contributed by atoms with Crippen LogP contribution in [0.25, 0.3) is 0 Å². The van der Waals surface area contributed by atoms with Gasteiger partial charge in [-0.05, 0) is 12.5 Å². The van der Waals surface area contributed by atoms with Gasteiger partial charge in [-0.1, -0.05) is 6.07 Å². The molecule has 0 spiro atoms. The summed E-state index contributed by atoms with van der Waals surface area (Å²) in [4.78, 5) is 23.5. The smallest absolute Gasteiger partial charge is 0.422 e. The number of amides is 1. The molecule has 3 N–H and O–H groups in total. The predicted octanol–water partition coefficient (Wildman–Crippen LogP) is 1.63. The molecule has 0 saturated carbocycles. The second kappa shape index (κ2) is 7.11. The minimum Gasteiger partial charge on any atom is -0.468 e. The standard InChI is InChI=1S/C14H14F3N5O2/c1-8-19-6-10(12(18)22-8)13(23)21-5-9-2-3-11(20-4-9)24-7-14(15,16)17/h2-4,6H,5,7H2,1H3,(H,21,23)(H2,18,19,22). The summed E-state index contributed by atoms with van der Waals surface area (Å²) in [5.74, 6) is -0.111. The lowest BCUT2D eigenvalue weighted by atomic mass is 10.2. The average Bonchev–Trinajstić information content (AvgIpc) is 2.51. The molecule has 128 valence electrons. The summed E-state index contributed by atoms with van der Waals surface area (Å²) >= 11 is 0. The van der Waals surface area contributed by atoms with Crippen molar-refractivity contribution in [1.29, 1.82) is 0 Å². The van der Waals surface area contributed by atoms with Crippen molar-refractivity contribution in [3.63, 3.8) is 0 Å². The van der Waals surface area contributed by atoms with Gasteiger partial charge in [0.2, 0.25) is 5.88 Å². The molecule has 0 saturated heterocycles. The molecule has 0 aliphatic rings. The van der Waals surface area contributed by atoms with Gasteiger partial charge in [0.05, 0.1) is 5.56 Å². The maximum absolute atomic E-state index is 12.0. The van der Waals surface area contributed by atoms with Gasteiger partial charge in [0.15, 0.2) is 6.61 Å². The lowest BCUT2D eigenvalue weighted by Gasteiger charge is -2.09. The Morgan fingerprint density at radius 1 is 1.29 bits per heavy atom. The van der Waals surface area contributed by atoms with Crippen molar-refractivity contribution >= 4 is 11.7 Å². The minimum atomic E-state index is -4.43. The Hall–Kier alpha value is -2.91. The first-order chi connectivity index (χ1) is 11.2. The van der Waals surface area contributed by atoms with E-state index < -0.39 is 18.7 Å². The molecule has 0 atom stereocenters. The van der Waals surface area contributed by atoms with Crippen LogP contribution in [0.4, 0.5) is 19.0 Å². The van der Waals surface area contributed by atoms with E-state index >= 15 is 0 Å². The second-order valence-corrected chi connectivity index (χ2v) is 4.81. The van der Waals surface area contributed by atoms with Gasteiger partial charge in [-0.15, -0.1) is 0 Å². The molecule has 1 amide bonds. The molecular weight excluding hydrogens is 327 g/mol. The Labute approximate surface area is 135 Å². The van der Waals surface area contributed by atoms with E-state index in [9.17, 15) is 18.0 Å². The Morgan fingerprint density at radius 2 is 2.04 bits per heavy atom. The maximum atomic E-state index is 12.0. The molecule has 0 aliphatic carbocycles. The summed E-state index contributed by atoms with van der Waals surface area (Å²) in [5, 5.41) is 2.59. The Balaban J connectivity index is 1.91. The molecule has 0 radical (unpaired) electrons. The van der Waals surface area contributed by atoms with Crippen LogP contribution < -0.4 is 15.8 Å². The highest BCUT2D eigenvalue weighted by Crippen LogP contribution is 2.17. The number of ether oxygens (including phenoxy) is 1. The number of nitrogens with one attached hydrogen (secondary N) is 1. The minimum absolute atomic E-state index is 0.0639. The highest BCUT2D eigenvalue weighted by molar-refractivity contribution is 5.97. The van der Waals surface area contributed by atoms with Crippen LogP contribution >= 0.6 is 0 Å². The first-order valence-corrected chi connectivity index (χ1v) is 6.76. The van der Waals surface area contributed by atoms with Crippen LogP contribution in [0.15, 0.2) is 24.5 Å². The number of pyridine rings is 1. The number of aromatic nitrogens is 3. The van der Waals surface area contributed by atoms with E-state index in [1.165, 1.54) is 24.5 Å². The number of anilines is 1. The molecule has 2 aromatic heterocycles. The SMILES string of the molecule is Cc1ncc(C(=O)NCc2ccc(OCC(F)(F)F)nc2)c(N)n1. The van der Waals surface area contributed by atoms with E-state index in [4.69, 9.17) is 5.73 Å². The van der Waals surface area contributed by atoms with Crippen molar-refractivity contribution in [1.82, 2.24) is 20.3 Å². The van der Waals surface area contributed by atoms with Crippen LogP contribution in [0.1, 0.15) is 21.7 Å². The number of aryl methyl sites for hydroxylation is 1. The van der Waals surface area contributed by atoms with E-state index in [0.29, 0.717) is 11.4 Å². The molecule has 0 unspecified atom stereocenters. The number of nitrogens with two attached hydrogens (primary N) is 1. The summed E-state index contributed by atoms with van der Waals surface area (Å²) in [6, 6.07) is 2.78. The van der Waals surface area contributed by atoms with Gasteiger partial charge in [0, 0.05) is 25.0 Å². The van der Waals surface area contributed by atoms with E-state index in [-0.39, 0.29) is 23.8 Å². The first kappa shape index (κ1) is 17.4. The summed E-state index contributed by atoms with van der Waals surface area (Å²) in [6.45, 7) is 0.341. The molecule has 7 nitrogen and oxygen atoms in total. The maximum Gasteiger partial charge on any atom is 0.422 e. The van der Waals surface area contributed by atoms with E-state index in [1.807, 2.05) is 0 Å². The molecule has 24 heavy (non-hydrogen) atoms. The molecule has 0 fully saturated rings. The fourth-order valence-corrected chi connectivity index (χ4v) is 1.70. The number of carbonyl (C=O) groups excluding carboxylic acids is 1. The normalized spacial score (nSPS) is 11.2. The first-order valence-electron chi connectivity index (χ1n) is 6.76. The summed E-state index contributed by atoms with van der Waals surface area (Å²) < 4.78 is 40.6. The summed E-state index contributed by atoms with van der Waals surface area (Å²) in [7, 11) is 0. The number of rotatable bonds is 5. The number of nitrogen functional groups attached to an aromatic ring is 1. The fourth-order valence-electron chi connectivity index (χ4n) is 1.70. The van der Waals surface area contributed by atoms with Crippen molar-refractivity contribution < 1.29 is 22.7 Å². The largest absolute Gasteiger partial charge is 0.468 e. The topological polar surface area (TPSA) is 103 Å². The quantitative estimate of drug-likeness (QED) is 0.857. The molecule has 2 aromatic rings. The molecule has 2 heterocycles. The number of hydrogen-bond donors (Lipinski definition) is 2. The van der Waals surface area contributed by atoms with Crippen LogP contribution in [0, 0.1) is 6.92 Å². The summed E-state index contributed by atoms with van der Waals surface area (Å²) in [5.41, 5.74) is 6.36. The zero-order valence-electron chi connectivity index (χ0n) is 12.6. The Morgan fingerprint density at radius 3 is 2.62 bits per heavy atom. The van der Waals surface area contributed by atoms with Crippen LogP contribution in [-0.4, -0.2) is 33.6 Å².